The van der Waals surface area contributed by atoms with Crippen LogP contribution in [0.1, 0.15) is 24.8 Å². The Balaban J connectivity index is 1.64. The van der Waals surface area contributed by atoms with Crippen molar-refractivity contribution in [3.8, 4) is 17.3 Å². The fourth-order valence-electron chi connectivity index (χ4n) is 4.38. The number of aromatic hydroxyl groups is 1. The number of aromatic nitrogens is 4. The van der Waals surface area contributed by atoms with Gasteiger partial charge in [0.25, 0.3) is 5.56 Å². The molecule has 0 saturated carbocycles. The van der Waals surface area contributed by atoms with Crippen LogP contribution in [-0.2, 0) is 0 Å². The maximum Gasteiger partial charge on any atom is 0.335 e. The predicted octanol–water partition coefficient (Wildman–Crippen LogP) is 2.15. The summed E-state index contributed by atoms with van der Waals surface area (Å²) < 4.78 is 6.26. The van der Waals surface area contributed by atoms with Crippen molar-refractivity contribution in [1.29, 1.82) is 0 Å². The molecule has 1 aliphatic heterocycles. The number of aliphatic imine (C=N–C) groups is 1. The van der Waals surface area contributed by atoms with E-state index in [2.05, 4.69) is 24.8 Å². The van der Waals surface area contributed by atoms with Crippen LogP contribution in [0.15, 0.2) is 55.8 Å². The van der Waals surface area contributed by atoms with Gasteiger partial charge in [0.05, 0.1) is 35.2 Å². The largest absolute Gasteiger partial charge is 0.495 e. The van der Waals surface area contributed by atoms with E-state index in [1.165, 1.54) is 13.3 Å². The Hall–Kier alpha value is -4.54. The van der Waals surface area contributed by atoms with Gasteiger partial charge in [-0.15, -0.1) is 0 Å². The first-order valence-electron chi connectivity index (χ1n) is 11.2. The number of H-pyrrole nitrogens is 3. The molecule has 0 unspecified atom stereocenters. The SMILES string of the molecule is COc1ccccc1-n1c(O)c(C=Nc2cc3[nH]c(=O)[nH]c3cc2N2CCCCC2)c(=O)[nH]c1=O. The normalized spacial score (nSPS) is 14.1. The average Bonchev–Trinajstić information content (AvgIpc) is 3.23. The zero-order valence-electron chi connectivity index (χ0n) is 19.0. The zero-order valence-corrected chi connectivity index (χ0v) is 19.0. The molecule has 3 heterocycles. The molecule has 0 amide bonds. The molecule has 1 aliphatic rings. The molecular formula is C24H24N6O5. The second-order valence-corrected chi connectivity index (χ2v) is 8.28. The molecule has 1 saturated heterocycles. The summed E-state index contributed by atoms with van der Waals surface area (Å²) in [6, 6.07) is 10.2. The van der Waals surface area contributed by atoms with Crippen molar-refractivity contribution in [1.82, 2.24) is 19.5 Å². The molecule has 11 heteroatoms. The standard InChI is InChI=1S/C24H24N6O5/c1-35-20-8-4-3-7-18(20)30-22(32)14(21(31)28-24(30)34)13-25-17-11-15-16(27-23(33)26-15)12-19(17)29-9-5-2-6-10-29/h3-4,7-8,11-13,32H,2,5-6,9-10H2,1H3,(H2,26,27,33)(H,28,31,34). The molecule has 0 bridgehead atoms. The first-order chi connectivity index (χ1) is 17.0. The van der Waals surface area contributed by atoms with Gasteiger partial charge >= 0.3 is 11.4 Å². The number of aromatic amines is 3. The highest BCUT2D eigenvalue weighted by atomic mass is 16.5. The third-order valence-corrected chi connectivity index (χ3v) is 6.09. The van der Waals surface area contributed by atoms with E-state index in [4.69, 9.17) is 4.74 Å². The Morgan fingerprint density at radius 2 is 1.69 bits per heavy atom. The van der Waals surface area contributed by atoms with Crippen LogP contribution in [0, 0.1) is 0 Å². The minimum atomic E-state index is -0.811. The van der Waals surface area contributed by atoms with Crippen molar-refractivity contribution in [2.45, 2.75) is 19.3 Å². The van der Waals surface area contributed by atoms with Crippen LogP contribution in [0.3, 0.4) is 0 Å². The second-order valence-electron chi connectivity index (χ2n) is 8.28. The molecular weight excluding hydrogens is 452 g/mol. The van der Waals surface area contributed by atoms with Gasteiger partial charge in [0.15, 0.2) is 0 Å². The Labute approximate surface area is 198 Å². The smallest absolute Gasteiger partial charge is 0.335 e. The number of rotatable bonds is 5. The number of nitrogens with one attached hydrogen (secondary N) is 3. The Morgan fingerprint density at radius 3 is 2.43 bits per heavy atom. The van der Waals surface area contributed by atoms with Gasteiger partial charge in [-0.2, -0.15) is 0 Å². The summed E-state index contributed by atoms with van der Waals surface area (Å²) in [6.07, 6.45) is 4.44. The third-order valence-electron chi connectivity index (χ3n) is 6.09. The van der Waals surface area contributed by atoms with E-state index in [1.54, 1.807) is 30.3 Å². The first-order valence-corrected chi connectivity index (χ1v) is 11.2. The Morgan fingerprint density at radius 1 is 0.971 bits per heavy atom. The summed E-state index contributed by atoms with van der Waals surface area (Å²) in [5.41, 5.74) is 0.698. The minimum absolute atomic E-state index is 0.192. The molecule has 180 valence electrons. The van der Waals surface area contributed by atoms with Gasteiger partial charge < -0.3 is 24.7 Å². The van der Waals surface area contributed by atoms with Crippen LogP contribution in [0.25, 0.3) is 16.7 Å². The lowest BCUT2D eigenvalue weighted by atomic mass is 10.1. The fraction of sp³-hybridized carbons (Fsp3) is 0.250. The summed E-state index contributed by atoms with van der Waals surface area (Å²) >= 11 is 0. The number of nitrogens with zero attached hydrogens (tertiary/aromatic N) is 3. The van der Waals surface area contributed by atoms with Crippen molar-refractivity contribution in [2.75, 3.05) is 25.1 Å². The lowest BCUT2D eigenvalue weighted by Gasteiger charge is -2.29. The van der Waals surface area contributed by atoms with Crippen molar-refractivity contribution in [2.24, 2.45) is 4.99 Å². The van der Waals surface area contributed by atoms with Gasteiger partial charge in [0, 0.05) is 19.3 Å². The highest BCUT2D eigenvalue weighted by molar-refractivity contribution is 5.91. The van der Waals surface area contributed by atoms with Crippen LogP contribution < -0.4 is 26.6 Å². The molecule has 11 nitrogen and oxygen atoms in total. The monoisotopic (exact) mass is 476 g/mol. The van der Waals surface area contributed by atoms with Crippen molar-refractivity contribution < 1.29 is 9.84 Å². The zero-order chi connectivity index (χ0) is 24.5. The van der Waals surface area contributed by atoms with Crippen molar-refractivity contribution in [3.05, 3.63) is 73.3 Å². The molecule has 0 radical (unpaired) electrons. The number of para-hydroxylation sites is 2. The van der Waals surface area contributed by atoms with Crippen LogP contribution >= 0.6 is 0 Å². The molecule has 4 N–H and O–H groups in total. The van der Waals surface area contributed by atoms with Crippen molar-refractivity contribution >= 4 is 28.6 Å². The minimum Gasteiger partial charge on any atom is -0.495 e. The van der Waals surface area contributed by atoms with Crippen LogP contribution in [-0.4, -0.2) is 51.0 Å². The van der Waals surface area contributed by atoms with E-state index < -0.39 is 17.1 Å². The molecule has 35 heavy (non-hydrogen) atoms. The maximum atomic E-state index is 12.6. The van der Waals surface area contributed by atoms with Crippen LogP contribution in [0.2, 0.25) is 0 Å². The number of imidazole rings is 1. The highest BCUT2D eigenvalue weighted by Crippen LogP contribution is 2.34. The fourth-order valence-corrected chi connectivity index (χ4v) is 4.38. The third kappa shape index (κ3) is 4.12. The van der Waals surface area contributed by atoms with Gasteiger partial charge in [0.2, 0.25) is 5.88 Å². The Kier molecular flexibility index (Phi) is 5.73. The second kappa shape index (κ2) is 9.01. The van der Waals surface area contributed by atoms with Gasteiger partial charge in [-0.05, 0) is 43.5 Å². The van der Waals surface area contributed by atoms with E-state index in [9.17, 15) is 19.5 Å². The lowest BCUT2D eigenvalue weighted by molar-refractivity contribution is 0.401. The summed E-state index contributed by atoms with van der Waals surface area (Å²) in [4.78, 5) is 51.4. The number of methoxy groups -OCH3 is 1. The molecule has 0 aliphatic carbocycles. The van der Waals surface area contributed by atoms with E-state index >= 15 is 0 Å². The van der Waals surface area contributed by atoms with E-state index in [-0.39, 0.29) is 16.9 Å². The number of fused-ring (bicyclic) bond motifs is 1. The first kappa shape index (κ1) is 22.3. The van der Waals surface area contributed by atoms with E-state index in [0.717, 1.165) is 42.6 Å². The molecule has 2 aromatic heterocycles. The van der Waals surface area contributed by atoms with Gasteiger partial charge in [-0.3, -0.25) is 14.8 Å². The maximum absolute atomic E-state index is 12.6. The predicted molar refractivity (Wildman–Crippen MR) is 133 cm³/mol. The number of benzene rings is 2. The summed E-state index contributed by atoms with van der Waals surface area (Å²) in [5.74, 6) is -0.225. The van der Waals surface area contributed by atoms with Crippen LogP contribution in [0.4, 0.5) is 11.4 Å². The molecule has 2 aromatic carbocycles. The van der Waals surface area contributed by atoms with Gasteiger partial charge in [0.1, 0.15) is 11.3 Å². The molecule has 5 rings (SSSR count). The van der Waals surface area contributed by atoms with Crippen LogP contribution in [0.5, 0.6) is 11.6 Å². The number of hydrogen-bond acceptors (Lipinski definition) is 7. The summed E-state index contributed by atoms with van der Waals surface area (Å²) in [6.45, 7) is 1.68. The summed E-state index contributed by atoms with van der Waals surface area (Å²) in [5, 5.41) is 10.9. The Bertz CT molecular complexity index is 1600. The van der Waals surface area contributed by atoms with E-state index in [1.807, 2.05) is 6.07 Å². The average molecular weight is 476 g/mol. The topological polar surface area (TPSA) is 149 Å². The number of hydrogen-bond donors (Lipinski definition) is 4. The molecule has 0 atom stereocenters. The molecule has 1 fully saturated rings. The van der Waals surface area contributed by atoms with Crippen molar-refractivity contribution in [3.63, 3.8) is 0 Å². The highest BCUT2D eigenvalue weighted by Gasteiger charge is 2.19. The molecule has 4 aromatic rings. The quantitative estimate of drug-likeness (QED) is 0.324. The van der Waals surface area contributed by atoms with E-state index in [0.29, 0.717) is 22.5 Å². The van der Waals surface area contributed by atoms with Gasteiger partial charge in [-0.1, -0.05) is 12.1 Å². The number of ether oxygens (including phenoxy) is 1. The lowest BCUT2D eigenvalue weighted by Crippen LogP contribution is -2.31. The molecule has 0 spiro atoms. The number of anilines is 1. The summed E-state index contributed by atoms with van der Waals surface area (Å²) in [7, 11) is 1.44. The number of piperidine rings is 1. The van der Waals surface area contributed by atoms with Gasteiger partial charge in [-0.25, -0.2) is 14.2 Å².